The lowest BCUT2D eigenvalue weighted by atomic mass is 9.74. The van der Waals surface area contributed by atoms with Gasteiger partial charge in [-0.3, -0.25) is 0 Å². The molecule has 1 aliphatic rings. The SMILES string of the molecule is CCOC1CC(CO)(Nc2cccc(C)c2)C1. The maximum Gasteiger partial charge on any atom is 0.0663 e. The number of hydrogen-bond donors (Lipinski definition) is 2. The number of aryl methyl sites for hydroxylation is 1. The van der Waals surface area contributed by atoms with E-state index in [9.17, 15) is 5.11 Å². The van der Waals surface area contributed by atoms with Gasteiger partial charge in [-0.2, -0.15) is 0 Å². The maximum absolute atomic E-state index is 9.54. The Labute approximate surface area is 103 Å². The van der Waals surface area contributed by atoms with Gasteiger partial charge in [0, 0.05) is 12.3 Å². The molecule has 3 heteroatoms. The Morgan fingerprint density at radius 2 is 2.24 bits per heavy atom. The van der Waals surface area contributed by atoms with Crippen molar-refractivity contribution in [3.05, 3.63) is 29.8 Å². The summed E-state index contributed by atoms with van der Waals surface area (Å²) in [5.74, 6) is 0. The summed E-state index contributed by atoms with van der Waals surface area (Å²) in [6.45, 7) is 4.98. The van der Waals surface area contributed by atoms with Gasteiger partial charge in [-0.05, 0) is 44.4 Å². The molecule has 0 unspecified atom stereocenters. The summed E-state index contributed by atoms with van der Waals surface area (Å²) in [6.07, 6.45) is 2.06. The fourth-order valence-corrected chi connectivity index (χ4v) is 2.47. The third-order valence-corrected chi connectivity index (χ3v) is 3.37. The van der Waals surface area contributed by atoms with Crippen LogP contribution in [0.25, 0.3) is 0 Å². The molecule has 0 aliphatic heterocycles. The molecule has 0 aromatic heterocycles. The third kappa shape index (κ3) is 2.79. The molecular weight excluding hydrogens is 214 g/mol. The van der Waals surface area contributed by atoms with Crippen LogP contribution >= 0.6 is 0 Å². The number of hydrogen-bond acceptors (Lipinski definition) is 3. The molecule has 2 rings (SSSR count). The lowest BCUT2D eigenvalue weighted by Gasteiger charge is -2.47. The van der Waals surface area contributed by atoms with Crippen molar-refractivity contribution in [1.82, 2.24) is 0 Å². The van der Waals surface area contributed by atoms with E-state index in [1.165, 1.54) is 5.56 Å². The summed E-state index contributed by atoms with van der Waals surface area (Å²) >= 11 is 0. The first kappa shape index (κ1) is 12.4. The van der Waals surface area contributed by atoms with Crippen LogP contribution in [-0.2, 0) is 4.74 Å². The molecule has 1 saturated carbocycles. The lowest BCUT2D eigenvalue weighted by molar-refractivity contribution is -0.0458. The molecule has 0 atom stereocenters. The van der Waals surface area contributed by atoms with E-state index in [0.717, 1.165) is 25.1 Å². The molecule has 0 amide bonds. The fourth-order valence-electron chi connectivity index (χ4n) is 2.47. The molecular formula is C14H21NO2. The topological polar surface area (TPSA) is 41.5 Å². The molecule has 0 saturated heterocycles. The summed E-state index contributed by atoms with van der Waals surface area (Å²) in [5.41, 5.74) is 2.12. The highest BCUT2D eigenvalue weighted by Gasteiger charge is 2.44. The first-order valence-corrected chi connectivity index (χ1v) is 6.25. The Kier molecular flexibility index (Phi) is 3.69. The van der Waals surface area contributed by atoms with Crippen molar-refractivity contribution in [2.24, 2.45) is 0 Å². The molecule has 94 valence electrons. The number of benzene rings is 1. The highest BCUT2D eigenvalue weighted by atomic mass is 16.5. The largest absolute Gasteiger partial charge is 0.394 e. The molecule has 0 radical (unpaired) electrons. The van der Waals surface area contributed by atoms with Crippen LogP contribution in [0.4, 0.5) is 5.69 Å². The molecule has 2 N–H and O–H groups in total. The molecule has 1 aromatic carbocycles. The van der Waals surface area contributed by atoms with Gasteiger partial charge in [0.2, 0.25) is 0 Å². The van der Waals surface area contributed by atoms with Gasteiger partial charge in [-0.25, -0.2) is 0 Å². The molecule has 0 heterocycles. The van der Waals surface area contributed by atoms with Crippen molar-refractivity contribution >= 4 is 5.69 Å². The number of ether oxygens (including phenoxy) is 1. The molecule has 1 aliphatic carbocycles. The van der Waals surface area contributed by atoms with Crippen LogP contribution in [0, 0.1) is 6.92 Å². The van der Waals surface area contributed by atoms with Gasteiger partial charge >= 0.3 is 0 Å². The zero-order valence-corrected chi connectivity index (χ0v) is 10.6. The number of nitrogens with one attached hydrogen (secondary N) is 1. The zero-order chi connectivity index (χ0) is 12.3. The third-order valence-electron chi connectivity index (χ3n) is 3.37. The van der Waals surface area contributed by atoms with Crippen molar-refractivity contribution in [3.63, 3.8) is 0 Å². The Bertz CT molecular complexity index is 372. The van der Waals surface area contributed by atoms with Crippen molar-refractivity contribution in [2.45, 2.75) is 38.3 Å². The van der Waals surface area contributed by atoms with E-state index in [1.807, 2.05) is 19.1 Å². The molecule has 0 bridgehead atoms. The second-order valence-corrected chi connectivity index (χ2v) is 4.92. The lowest BCUT2D eigenvalue weighted by Crippen LogP contribution is -2.56. The molecule has 0 spiro atoms. The number of aliphatic hydroxyl groups excluding tert-OH is 1. The smallest absolute Gasteiger partial charge is 0.0663 e. The van der Waals surface area contributed by atoms with E-state index in [2.05, 4.69) is 24.4 Å². The van der Waals surface area contributed by atoms with Crippen molar-refractivity contribution in [3.8, 4) is 0 Å². The number of anilines is 1. The van der Waals surface area contributed by atoms with Gasteiger partial charge in [0.25, 0.3) is 0 Å². The predicted octanol–water partition coefficient (Wildman–Crippen LogP) is 2.34. The minimum absolute atomic E-state index is 0.157. The van der Waals surface area contributed by atoms with Crippen molar-refractivity contribution < 1.29 is 9.84 Å². The highest BCUT2D eigenvalue weighted by molar-refractivity contribution is 5.48. The summed E-state index contributed by atoms with van der Waals surface area (Å²) in [4.78, 5) is 0. The van der Waals surface area contributed by atoms with Gasteiger partial charge < -0.3 is 15.2 Å². The van der Waals surface area contributed by atoms with Crippen LogP contribution in [0.15, 0.2) is 24.3 Å². The molecule has 1 fully saturated rings. The van der Waals surface area contributed by atoms with Crippen molar-refractivity contribution in [2.75, 3.05) is 18.5 Å². The van der Waals surface area contributed by atoms with E-state index in [1.54, 1.807) is 0 Å². The average Bonchev–Trinajstić information content (AvgIpc) is 2.26. The Morgan fingerprint density at radius 3 is 2.82 bits per heavy atom. The normalized spacial score (nSPS) is 27.6. The Balaban J connectivity index is 1.97. The van der Waals surface area contributed by atoms with Crippen LogP contribution in [-0.4, -0.2) is 30.0 Å². The summed E-state index contributed by atoms with van der Waals surface area (Å²) < 4.78 is 5.55. The summed E-state index contributed by atoms with van der Waals surface area (Å²) in [6, 6.07) is 8.24. The monoisotopic (exact) mass is 235 g/mol. The van der Waals surface area contributed by atoms with E-state index in [0.29, 0.717) is 6.10 Å². The first-order chi connectivity index (χ1) is 8.17. The molecule has 3 nitrogen and oxygen atoms in total. The van der Waals surface area contributed by atoms with Gasteiger partial charge in [-0.15, -0.1) is 0 Å². The molecule has 1 aromatic rings. The number of rotatable bonds is 5. The molecule has 17 heavy (non-hydrogen) atoms. The van der Waals surface area contributed by atoms with E-state index in [4.69, 9.17) is 4.74 Å². The number of aliphatic hydroxyl groups is 1. The minimum Gasteiger partial charge on any atom is -0.394 e. The van der Waals surface area contributed by atoms with E-state index >= 15 is 0 Å². The first-order valence-electron chi connectivity index (χ1n) is 6.25. The van der Waals surface area contributed by atoms with Gasteiger partial charge in [0.1, 0.15) is 0 Å². The van der Waals surface area contributed by atoms with Gasteiger partial charge in [0.15, 0.2) is 0 Å². The van der Waals surface area contributed by atoms with Crippen LogP contribution < -0.4 is 5.32 Å². The fraction of sp³-hybridized carbons (Fsp3) is 0.571. The van der Waals surface area contributed by atoms with E-state index in [-0.39, 0.29) is 12.1 Å². The zero-order valence-electron chi connectivity index (χ0n) is 10.6. The van der Waals surface area contributed by atoms with Crippen LogP contribution in [0.1, 0.15) is 25.3 Å². The highest BCUT2D eigenvalue weighted by Crippen LogP contribution is 2.37. The van der Waals surface area contributed by atoms with Gasteiger partial charge in [0.05, 0.1) is 18.2 Å². The van der Waals surface area contributed by atoms with Crippen LogP contribution in [0.3, 0.4) is 0 Å². The van der Waals surface area contributed by atoms with Gasteiger partial charge in [-0.1, -0.05) is 12.1 Å². The predicted molar refractivity (Wildman–Crippen MR) is 69.3 cm³/mol. The summed E-state index contributed by atoms with van der Waals surface area (Å²) in [5, 5.41) is 13.0. The van der Waals surface area contributed by atoms with Crippen LogP contribution in [0.5, 0.6) is 0 Å². The average molecular weight is 235 g/mol. The van der Waals surface area contributed by atoms with Crippen LogP contribution in [0.2, 0.25) is 0 Å². The second-order valence-electron chi connectivity index (χ2n) is 4.92. The maximum atomic E-state index is 9.54. The Morgan fingerprint density at radius 1 is 1.47 bits per heavy atom. The Hall–Kier alpha value is -1.06. The van der Waals surface area contributed by atoms with Crippen molar-refractivity contribution in [1.29, 1.82) is 0 Å². The minimum atomic E-state index is -0.187. The standard InChI is InChI=1S/C14H21NO2/c1-3-17-13-8-14(9-13,10-16)15-12-6-4-5-11(2)7-12/h4-7,13,15-16H,3,8-10H2,1-2H3. The second kappa shape index (κ2) is 5.07. The summed E-state index contributed by atoms with van der Waals surface area (Å²) in [7, 11) is 0. The van der Waals surface area contributed by atoms with E-state index < -0.39 is 0 Å². The quantitative estimate of drug-likeness (QED) is 0.823.